The first-order valence-corrected chi connectivity index (χ1v) is 0.781. The van der Waals surface area contributed by atoms with Crippen LogP contribution in [0, 0.1) is 0 Å². The Kier molecular flexibility index (Phi) is 434. The molecule has 0 fully saturated rings. The number of primary amides is 2. The second kappa shape index (κ2) is 60.7. The molecular formula is CH4Cl6MoN2O-6. The molecule has 78 valence electrons. The van der Waals surface area contributed by atoms with Crippen molar-refractivity contribution in [1.29, 1.82) is 0 Å². The third-order valence-electron chi connectivity index (χ3n) is 0. The van der Waals surface area contributed by atoms with E-state index in [-0.39, 0.29) is 95.5 Å². The number of hydrogen-bond donors (Lipinski definition) is 2. The summed E-state index contributed by atoms with van der Waals surface area (Å²) >= 11 is 0. The average Bonchev–Trinajstić information content (AvgIpc) is 0.811. The van der Waals surface area contributed by atoms with Gasteiger partial charge >= 0.3 is 6.03 Å². The molecule has 0 rings (SSSR count). The van der Waals surface area contributed by atoms with Crippen LogP contribution >= 0.6 is 0 Å². The predicted molar refractivity (Wildman–Crippen MR) is 13.8 cm³/mol. The molecule has 0 bridgehead atoms. The van der Waals surface area contributed by atoms with E-state index in [1.54, 1.807) is 0 Å². The Morgan fingerprint density at radius 3 is 0.727 bits per heavy atom. The van der Waals surface area contributed by atoms with Crippen molar-refractivity contribution in [3.8, 4) is 0 Å². The zero-order valence-corrected chi connectivity index (χ0v) is 11.3. The Bertz CT molecular complexity index is 43.6. The molecule has 0 aromatic heterocycles. The van der Waals surface area contributed by atoms with Crippen LogP contribution in [0.5, 0.6) is 0 Å². The number of carbonyl (C=O) groups is 1. The van der Waals surface area contributed by atoms with E-state index < -0.39 is 6.03 Å². The fourth-order valence-electron chi connectivity index (χ4n) is 0. The molecular weight excluding hydrogens is 365 g/mol. The van der Waals surface area contributed by atoms with Gasteiger partial charge in [0.2, 0.25) is 0 Å². The van der Waals surface area contributed by atoms with E-state index in [0.717, 1.165) is 0 Å². The van der Waals surface area contributed by atoms with Crippen molar-refractivity contribution in [3.05, 3.63) is 0 Å². The van der Waals surface area contributed by atoms with E-state index in [4.69, 9.17) is 4.79 Å². The van der Waals surface area contributed by atoms with Crippen molar-refractivity contribution in [1.82, 2.24) is 0 Å². The maximum absolute atomic E-state index is 9.00. The standard InChI is InChI=1S/CH4N2O.6ClH.Mo/c2-1(3)4;;;;;;;/h(H4,2,3,4);6*1H;/p-6. The van der Waals surface area contributed by atoms with Gasteiger partial charge in [-0.1, -0.05) is 0 Å². The molecule has 2 amide bonds. The van der Waals surface area contributed by atoms with Crippen LogP contribution < -0.4 is 85.9 Å². The number of nitrogens with two attached hydrogens (primary N) is 2. The summed E-state index contributed by atoms with van der Waals surface area (Å²) in [5.41, 5.74) is 8.50. The van der Waals surface area contributed by atoms with Gasteiger partial charge in [-0.3, -0.25) is 0 Å². The van der Waals surface area contributed by atoms with Crippen LogP contribution in [-0.4, -0.2) is 6.03 Å². The van der Waals surface area contributed by atoms with Crippen molar-refractivity contribution in [2.45, 2.75) is 0 Å². The minimum atomic E-state index is -0.833. The van der Waals surface area contributed by atoms with Crippen molar-refractivity contribution >= 4 is 6.03 Å². The van der Waals surface area contributed by atoms with Gasteiger partial charge in [0, 0.05) is 21.1 Å². The van der Waals surface area contributed by atoms with E-state index in [0.29, 0.717) is 0 Å². The molecule has 0 aromatic carbocycles. The summed E-state index contributed by atoms with van der Waals surface area (Å²) in [6.45, 7) is 0. The molecule has 3 nitrogen and oxygen atoms in total. The third-order valence-corrected chi connectivity index (χ3v) is 0. The summed E-state index contributed by atoms with van der Waals surface area (Å²) in [5, 5.41) is 0. The number of urea groups is 1. The normalized spacial score (nSPS) is 2.18. The van der Waals surface area contributed by atoms with Gasteiger partial charge in [0.05, 0.1) is 0 Å². The molecule has 0 aliphatic rings. The Morgan fingerprint density at radius 1 is 0.727 bits per heavy atom. The number of amides is 2. The summed E-state index contributed by atoms with van der Waals surface area (Å²) in [7, 11) is 0. The van der Waals surface area contributed by atoms with Crippen LogP contribution in [-0.2, 0) is 21.1 Å². The predicted octanol–water partition coefficient (Wildman–Crippen LogP) is -19.0. The largest absolute Gasteiger partial charge is 1.00 e. The summed E-state index contributed by atoms with van der Waals surface area (Å²) in [6.07, 6.45) is 0. The van der Waals surface area contributed by atoms with Gasteiger partial charge in [-0.2, -0.15) is 0 Å². The number of rotatable bonds is 0. The van der Waals surface area contributed by atoms with Gasteiger partial charge in [0.25, 0.3) is 0 Å². The second-order valence-electron chi connectivity index (χ2n) is 0.402. The van der Waals surface area contributed by atoms with Gasteiger partial charge in [-0.25, -0.2) is 4.79 Å². The topological polar surface area (TPSA) is 69.1 Å². The minimum Gasteiger partial charge on any atom is -1.00 e. The van der Waals surface area contributed by atoms with Gasteiger partial charge in [0.15, 0.2) is 0 Å². The quantitative estimate of drug-likeness (QED) is 0.410. The second-order valence-corrected chi connectivity index (χ2v) is 0.402. The molecule has 4 N–H and O–H groups in total. The van der Waals surface area contributed by atoms with Crippen LogP contribution in [0.4, 0.5) is 4.79 Å². The van der Waals surface area contributed by atoms with Gasteiger partial charge in [-0.15, -0.1) is 0 Å². The zero-order chi connectivity index (χ0) is 3.58. The molecule has 11 heavy (non-hydrogen) atoms. The molecule has 0 saturated heterocycles. The van der Waals surface area contributed by atoms with Gasteiger partial charge in [0.1, 0.15) is 0 Å². The fourth-order valence-corrected chi connectivity index (χ4v) is 0. The molecule has 0 radical (unpaired) electrons. The summed E-state index contributed by atoms with van der Waals surface area (Å²) in [6, 6.07) is -0.833. The smallest absolute Gasteiger partial charge is 0.309 e. The SMILES string of the molecule is NC(N)=O.[Cl-].[Cl-].[Cl-].[Cl-].[Cl-].[Cl-].[Mo]. The summed E-state index contributed by atoms with van der Waals surface area (Å²) in [5.74, 6) is 0. The average molecular weight is 369 g/mol. The Balaban J connectivity index is -0.00000000214. The number of halogens is 6. The van der Waals surface area contributed by atoms with E-state index >= 15 is 0 Å². The zero-order valence-electron chi connectivity index (χ0n) is 4.74. The van der Waals surface area contributed by atoms with E-state index in [1.807, 2.05) is 0 Å². The number of hydrogen-bond acceptors (Lipinski definition) is 1. The van der Waals surface area contributed by atoms with Crippen molar-refractivity contribution in [2.75, 3.05) is 0 Å². The third kappa shape index (κ3) is 381. The summed E-state index contributed by atoms with van der Waals surface area (Å²) < 4.78 is 0. The Labute approximate surface area is 117 Å². The monoisotopic (exact) mass is 368 g/mol. The molecule has 0 unspecified atom stereocenters. The maximum Gasteiger partial charge on any atom is 0.309 e. The molecule has 0 aliphatic carbocycles. The molecule has 10 heteroatoms. The van der Waals surface area contributed by atoms with E-state index in [2.05, 4.69) is 11.5 Å². The Hall–Kier alpha value is 1.70. The van der Waals surface area contributed by atoms with Crippen LogP contribution in [0.25, 0.3) is 0 Å². The van der Waals surface area contributed by atoms with E-state index in [9.17, 15) is 0 Å². The molecule has 0 saturated carbocycles. The van der Waals surface area contributed by atoms with Gasteiger partial charge < -0.3 is 85.9 Å². The molecule has 0 heterocycles. The maximum atomic E-state index is 9.00. The van der Waals surface area contributed by atoms with Crippen LogP contribution in [0.2, 0.25) is 0 Å². The first-order valence-electron chi connectivity index (χ1n) is 0.781. The van der Waals surface area contributed by atoms with Crippen molar-refractivity contribution in [2.24, 2.45) is 11.5 Å². The molecule has 0 aromatic rings. The Morgan fingerprint density at radius 2 is 0.727 bits per heavy atom. The summed E-state index contributed by atoms with van der Waals surface area (Å²) in [4.78, 5) is 9.00. The minimum absolute atomic E-state index is 0. The molecule has 0 aliphatic heterocycles. The molecule has 0 atom stereocenters. The van der Waals surface area contributed by atoms with Crippen LogP contribution in [0.15, 0.2) is 0 Å². The molecule has 0 spiro atoms. The number of carbonyl (C=O) groups excluding carboxylic acids is 1. The van der Waals surface area contributed by atoms with Crippen molar-refractivity contribution in [3.63, 3.8) is 0 Å². The van der Waals surface area contributed by atoms with Gasteiger partial charge in [-0.05, 0) is 0 Å². The fraction of sp³-hybridized carbons (Fsp3) is 0. The van der Waals surface area contributed by atoms with E-state index in [1.165, 1.54) is 0 Å². The first-order chi connectivity index (χ1) is 1.73. The van der Waals surface area contributed by atoms with Crippen LogP contribution in [0.3, 0.4) is 0 Å². The first kappa shape index (κ1) is 78.7. The van der Waals surface area contributed by atoms with Crippen molar-refractivity contribution < 1.29 is 100 Å². The van der Waals surface area contributed by atoms with Crippen LogP contribution in [0.1, 0.15) is 0 Å².